The molecule has 4 heteroatoms. The van der Waals surface area contributed by atoms with E-state index in [1.165, 1.54) is 0 Å². The molecule has 0 amide bonds. The highest BCUT2D eigenvalue weighted by Crippen LogP contribution is 2.18. The lowest BCUT2D eigenvalue weighted by molar-refractivity contribution is 0.305. The summed E-state index contributed by atoms with van der Waals surface area (Å²) >= 11 is 5.55. The molecule has 3 nitrogen and oxygen atoms in total. The number of hydrogen-bond acceptors (Lipinski definition) is 2. The van der Waals surface area contributed by atoms with Crippen LogP contribution in [0.25, 0.3) is 0 Å². The maximum atomic E-state index is 5.73. The molecule has 0 saturated heterocycles. The van der Waals surface area contributed by atoms with Crippen molar-refractivity contribution in [3.63, 3.8) is 0 Å². The first-order valence-corrected chi connectivity index (χ1v) is 6.07. The Morgan fingerprint density at radius 3 is 2.94 bits per heavy atom. The molecule has 0 radical (unpaired) electrons. The minimum atomic E-state index is 0.316. The number of para-hydroxylation sites is 1. The minimum Gasteiger partial charge on any atom is -0.487 e. The van der Waals surface area contributed by atoms with E-state index in [4.69, 9.17) is 16.3 Å². The van der Waals surface area contributed by atoms with E-state index in [2.05, 4.69) is 16.9 Å². The van der Waals surface area contributed by atoms with Gasteiger partial charge in [-0.2, -0.15) is 5.10 Å². The van der Waals surface area contributed by atoms with Crippen molar-refractivity contribution in [2.45, 2.75) is 6.61 Å². The highest BCUT2D eigenvalue weighted by atomic mass is 35.5. The number of rotatable bonds is 3. The zero-order chi connectivity index (χ0) is 12.8. The van der Waals surface area contributed by atoms with Crippen LogP contribution in [0.5, 0.6) is 5.75 Å². The molecular weight excluding hydrogens is 248 g/mol. The Kier molecular flexibility index (Phi) is 4.27. The van der Waals surface area contributed by atoms with Gasteiger partial charge in [-0.3, -0.25) is 4.68 Å². The second-order valence-electron chi connectivity index (χ2n) is 3.74. The summed E-state index contributed by atoms with van der Waals surface area (Å²) in [5.74, 6) is 6.88. The maximum Gasteiger partial charge on any atom is 0.135 e. The Hall–Kier alpha value is -1.92. The third-order valence-corrected chi connectivity index (χ3v) is 2.46. The molecule has 0 aliphatic heterocycles. The minimum absolute atomic E-state index is 0.316. The van der Waals surface area contributed by atoms with Crippen LogP contribution in [0.4, 0.5) is 0 Å². The standard InChI is InChI=1S/C14H13ClN2O/c1-17-10-12(9-16-17)11-18-14-7-3-2-5-13(14)6-4-8-15/h2-3,5,7,9-10H,8,11H2,1H3. The third-order valence-electron chi connectivity index (χ3n) is 2.33. The Morgan fingerprint density at radius 2 is 2.22 bits per heavy atom. The molecule has 0 atom stereocenters. The predicted octanol–water partition coefficient (Wildman–Crippen LogP) is 2.59. The number of aryl methyl sites for hydroxylation is 1. The van der Waals surface area contributed by atoms with Gasteiger partial charge in [0.1, 0.15) is 12.4 Å². The fraction of sp³-hybridized carbons (Fsp3) is 0.214. The third kappa shape index (κ3) is 3.28. The maximum absolute atomic E-state index is 5.73. The van der Waals surface area contributed by atoms with Crippen LogP contribution in [0.15, 0.2) is 36.7 Å². The van der Waals surface area contributed by atoms with Gasteiger partial charge in [-0.1, -0.05) is 24.0 Å². The topological polar surface area (TPSA) is 27.1 Å². The van der Waals surface area contributed by atoms with E-state index in [1.807, 2.05) is 37.5 Å². The van der Waals surface area contributed by atoms with Crippen molar-refractivity contribution in [3.8, 4) is 17.6 Å². The molecule has 1 aromatic carbocycles. The van der Waals surface area contributed by atoms with Crippen LogP contribution in [0.1, 0.15) is 11.1 Å². The van der Waals surface area contributed by atoms with Gasteiger partial charge in [0.2, 0.25) is 0 Å². The number of benzene rings is 1. The van der Waals surface area contributed by atoms with Gasteiger partial charge in [-0.15, -0.1) is 11.6 Å². The lowest BCUT2D eigenvalue weighted by Gasteiger charge is -2.06. The number of alkyl halides is 1. The number of nitrogens with zero attached hydrogens (tertiary/aromatic N) is 2. The highest BCUT2D eigenvalue weighted by molar-refractivity contribution is 6.19. The molecule has 92 valence electrons. The van der Waals surface area contributed by atoms with Crippen molar-refractivity contribution in [1.29, 1.82) is 0 Å². The van der Waals surface area contributed by atoms with Gasteiger partial charge in [0.25, 0.3) is 0 Å². The van der Waals surface area contributed by atoms with Gasteiger partial charge in [0.05, 0.1) is 17.6 Å². The van der Waals surface area contributed by atoms with Crippen molar-refractivity contribution < 1.29 is 4.74 Å². The van der Waals surface area contributed by atoms with Crippen LogP contribution in [-0.2, 0) is 13.7 Å². The van der Waals surface area contributed by atoms with Crippen LogP contribution in [0.3, 0.4) is 0 Å². The molecule has 0 saturated carbocycles. The summed E-state index contributed by atoms with van der Waals surface area (Å²) < 4.78 is 7.48. The Balaban J connectivity index is 2.09. The molecule has 1 aromatic heterocycles. The summed E-state index contributed by atoms with van der Waals surface area (Å²) in [4.78, 5) is 0. The summed E-state index contributed by atoms with van der Waals surface area (Å²) in [5.41, 5.74) is 1.87. The number of ether oxygens (including phenoxy) is 1. The van der Waals surface area contributed by atoms with Crippen molar-refractivity contribution >= 4 is 11.6 Å². The van der Waals surface area contributed by atoms with Crippen LogP contribution < -0.4 is 4.74 Å². The highest BCUT2D eigenvalue weighted by Gasteiger charge is 2.02. The molecule has 0 spiro atoms. The van der Waals surface area contributed by atoms with E-state index in [1.54, 1.807) is 10.9 Å². The largest absolute Gasteiger partial charge is 0.487 e. The number of aromatic nitrogens is 2. The lowest BCUT2D eigenvalue weighted by atomic mass is 10.2. The van der Waals surface area contributed by atoms with E-state index in [0.29, 0.717) is 12.5 Å². The van der Waals surface area contributed by atoms with Crippen molar-refractivity contribution in [1.82, 2.24) is 9.78 Å². The van der Waals surface area contributed by atoms with Crippen LogP contribution in [0.2, 0.25) is 0 Å². The van der Waals surface area contributed by atoms with E-state index >= 15 is 0 Å². The summed E-state index contributed by atoms with van der Waals surface area (Å²) in [6.45, 7) is 0.480. The first-order chi connectivity index (χ1) is 8.79. The van der Waals surface area contributed by atoms with E-state index < -0.39 is 0 Å². The first kappa shape index (κ1) is 12.5. The number of halogens is 1. The van der Waals surface area contributed by atoms with Gasteiger partial charge < -0.3 is 4.74 Å². The molecule has 18 heavy (non-hydrogen) atoms. The zero-order valence-corrected chi connectivity index (χ0v) is 10.8. The van der Waals surface area contributed by atoms with Gasteiger partial charge in [-0.25, -0.2) is 0 Å². The normalized spacial score (nSPS) is 9.67. The molecule has 1 heterocycles. The summed E-state index contributed by atoms with van der Waals surface area (Å²) in [5, 5.41) is 4.09. The van der Waals surface area contributed by atoms with Gasteiger partial charge in [0.15, 0.2) is 0 Å². The van der Waals surface area contributed by atoms with Crippen LogP contribution in [0, 0.1) is 11.8 Å². The SMILES string of the molecule is Cn1cc(COc2ccccc2C#CCCl)cn1. The van der Waals surface area contributed by atoms with Crippen LogP contribution >= 0.6 is 11.6 Å². The second-order valence-corrected chi connectivity index (χ2v) is 4.01. The van der Waals surface area contributed by atoms with Gasteiger partial charge in [-0.05, 0) is 12.1 Å². The molecule has 2 aromatic rings. The van der Waals surface area contributed by atoms with Crippen molar-refractivity contribution in [2.75, 3.05) is 5.88 Å². The Bertz CT molecular complexity index is 581. The molecule has 0 N–H and O–H groups in total. The fourth-order valence-corrected chi connectivity index (χ4v) is 1.60. The van der Waals surface area contributed by atoms with E-state index in [0.717, 1.165) is 16.9 Å². The fourth-order valence-electron chi connectivity index (χ4n) is 1.53. The van der Waals surface area contributed by atoms with Crippen LogP contribution in [-0.4, -0.2) is 15.7 Å². The van der Waals surface area contributed by atoms with Gasteiger partial charge in [0, 0.05) is 18.8 Å². The second kappa shape index (κ2) is 6.13. The lowest BCUT2D eigenvalue weighted by Crippen LogP contribution is -1.96. The Labute approximate surface area is 111 Å². The predicted molar refractivity (Wildman–Crippen MR) is 71.6 cm³/mol. The zero-order valence-electron chi connectivity index (χ0n) is 10.1. The quantitative estimate of drug-likeness (QED) is 0.627. The molecule has 2 rings (SSSR count). The molecule has 0 bridgehead atoms. The van der Waals surface area contributed by atoms with E-state index in [9.17, 15) is 0 Å². The smallest absolute Gasteiger partial charge is 0.135 e. The van der Waals surface area contributed by atoms with Crippen molar-refractivity contribution in [2.24, 2.45) is 7.05 Å². The molecular formula is C14H13ClN2O. The first-order valence-electron chi connectivity index (χ1n) is 5.54. The summed E-state index contributed by atoms with van der Waals surface area (Å²) in [7, 11) is 1.88. The monoisotopic (exact) mass is 260 g/mol. The van der Waals surface area contributed by atoms with Gasteiger partial charge >= 0.3 is 0 Å². The Morgan fingerprint density at radius 1 is 1.39 bits per heavy atom. The average Bonchev–Trinajstić information content (AvgIpc) is 2.81. The average molecular weight is 261 g/mol. The van der Waals surface area contributed by atoms with Crippen molar-refractivity contribution in [3.05, 3.63) is 47.8 Å². The molecule has 0 aliphatic rings. The summed E-state index contributed by atoms with van der Waals surface area (Å²) in [6.07, 6.45) is 3.71. The molecule has 0 unspecified atom stereocenters. The summed E-state index contributed by atoms with van der Waals surface area (Å²) in [6, 6.07) is 7.66. The molecule has 0 aliphatic carbocycles. The number of hydrogen-bond donors (Lipinski definition) is 0. The van der Waals surface area contributed by atoms with E-state index in [-0.39, 0.29) is 0 Å². The molecule has 0 fully saturated rings.